The van der Waals surface area contributed by atoms with Crippen LogP contribution in [0.3, 0.4) is 0 Å². The number of benzene rings is 3. The molecule has 0 fully saturated rings. The lowest BCUT2D eigenvalue weighted by Gasteiger charge is -2.10. The van der Waals surface area contributed by atoms with E-state index >= 15 is 0 Å². The Morgan fingerprint density at radius 3 is 2.37 bits per heavy atom. The summed E-state index contributed by atoms with van der Waals surface area (Å²) in [5, 5.41) is 9.21. The second kappa shape index (κ2) is 12.1. The third-order valence-electron chi connectivity index (χ3n) is 5.35. The van der Waals surface area contributed by atoms with Crippen molar-refractivity contribution in [2.75, 3.05) is 17.2 Å². The molecule has 0 aliphatic rings. The zero-order valence-electron chi connectivity index (χ0n) is 19.9. The van der Waals surface area contributed by atoms with Gasteiger partial charge in [0.1, 0.15) is 5.75 Å². The van der Waals surface area contributed by atoms with E-state index in [2.05, 4.69) is 28.1 Å². The maximum absolute atomic E-state index is 12.3. The standard InChI is InChI=1S/C27H28N4O4/c1-4-20-12-14-22(15-13-20)29-25(32)17-35-24-11-6-5-9-21(24)16-28-31-27(34)26(33)30-23-10-7-8-18(2)19(23)3/h5-16H,4,17H2,1-3H3,(H,29,32)(H,30,33)(H,31,34)/b28-16-. The first-order valence-electron chi connectivity index (χ1n) is 11.2. The van der Waals surface area contributed by atoms with Crippen LogP contribution in [0.4, 0.5) is 11.4 Å². The van der Waals surface area contributed by atoms with Crippen LogP contribution in [-0.4, -0.2) is 30.5 Å². The van der Waals surface area contributed by atoms with Crippen molar-refractivity contribution in [1.82, 2.24) is 5.43 Å². The second-order valence-electron chi connectivity index (χ2n) is 7.83. The van der Waals surface area contributed by atoms with Gasteiger partial charge >= 0.3 is 11.8 Å². The second-order valence-corrected chi connectivity index (χ2v) is 7.83. The third kappa shape index (κ3) is 7.26. The van der Waals surface area contributed by atoms with Crippen molar-refractivity contribution in [3.63, 3.8) is 0 Å². The number of para-hydroxylation sites is 1. The van der Waals surface area contributed by atoms with E-state index in [0.717, 1.165) is 17.5 Å². The molecule has 3 aromatic carbocycles. The molecule has 0 saturated carbocycles. The number of anilines is 2. The Balaban J connectivity index is 1.53. The summed E-state index contributed by atoms with van der Waals surface area (Å²) in [5.41, 5.74) is 7.05. The number of rotatable bonds is 8. The van der Waals surface area contributed by atoms with E-state index in [0.29, 0.717) is 22.7 Å². The molecule has 0 bridgehead atoms. The quantitative estimate of drug-likeness (QED) is 0.262. The Kier molecular flexibility index (Phi) is 8.72. The van der Waals surface area contributed by atoms with Crippen molar-refractivity contribution in [3.8, 4) is 5.75 Å². The molecule has 0 aromatic heterocycles. The highest BCUT2D eigenvalue weighted by molar-refractivity contribution is 6.39. The van der Waals surface area contributed by atoms with E-state index in [1.165, 1.54) is 11.8 Å². The minimum atomic E-state index is -0.908. The fourth-order valence-corrected chi connectivity index (χ4v) is 3.16. The number of amides is 3. The molecular weight excluding hydrogens is 444 g/mol. The monoisotopic (exact) mass is 472 g/mol. The van der Waals surface area contributed by atoms with Gasteiger partial charge in [-0.1, -0.05) is 43.3 Å². The first-order valence-corrected chi connectivity index (χ1v) is 11.2. The zero-order chi connectivity index (χ0) is 25.2. The van der Waals surface area contributed by atoms with Crippen LogP contribution in [0.5, 0.6) is 5.75 Å². The average molecular weight is 473 g/mol. The van der Waals surface area contributed by atoms with Gasteiger partial charge in [-0.05, 0) is 67.3 Å². The fraction of sp³-hybridized carbons (Fsp3) is 0.185. The van der Waals surface area contributed by atoms with Gasteiger partial charge in [-0.3, -0.25) is 14.4 Å². The summed E-state index contributed by atoms with van der Waals surface area (Å²) in [4.78, 5) is 36.6. The molecule has 0 unspecified atom stereocenters. The average Bonchev–Trinajstić information content (AvgIpc) is 2.86. The summed E-state index contributed by atoms with van der Waals surface area (Å²) in [7, 11) is 0. The number of aryl methyl sites for hydroxylation is 2. The van der Waals surface area contributed by atoms with Crippen LogP contribution in [-0.2, 0) is 20.8 Å². The molecule has 3 N–H and O–H groups in total. The van der Waals surface area contributed by atoms with E-state index in [4.69, 9.17) is 4.74 Å². The van der Waals surface area contributed by atoms with Crippen molar-refractivity contribution < 1.29 is 19.1 Å². The van der Waals surface area contributed by atoms with E-state index < -0.39 is 11.8 Å². The third-order valence-corrected chi connectivity index (χ3v) is 5.35. The molecular formula is C27H28N4O4. The van der Waals surface area contributed by atoms with Crippen LogP contribution in [0.1, 0.15) is 29.2 Å². The largest absolute Gasteiger partial charge is 0.483 e. The Labute approximate surface area is 204 Å². The summed E-state index contributed by atoms with van der Waals surface area (Å²) >= 11 is 0. The van der Waals surface area contributed by atoms with Crippen molar-refractivity contribution in [2.24, 2.45) is 5.10 Å². The first kappa shape index (κ1) is 25.2. The molecule has 0 aliphatic heterocycles. The molecule has 3 rings (SSSR count). The lowest BCUT2D eigenvalue weighted by molar-refractivity contribution is -0.136. The molecule has 35 heavy (non-hydrogen) atoms. The van der Waals surface area contributed by atoms with Gasteiger partial charge in [0.05, 0.1) is 6.21 Å². The SMILES string of the molecule is CCc1ccc(NC(=O)COc2ccccc2/C=N\NC(=O)C(=O)Nc2cccc(C)c2C)cc1. The van der Waals surface area contributed by atoms with Crippen LogP contribution < -0.4 is 20.8 Å². The normalized spacial score (nSPS) is 10.6. The van der Waals surface area contributed by atoms with Crippen LogP contribution in [0.15, 0.2) is 71.8 Å². The number of hydrazone groups is 1. The molecule has 8 heteroatoms. The van der Waals surface area contributed by atoms with Crippen LogP contribution in [0, 0.1) is 13.8 Å². The minimum absolute atomic E-state index is 0.203. The van der Waals surface area contributed by atoms with Gasteiger partial charge < -0.3 is 15.4 Å². The van der Waals surface area contributed by atoms with Gasteiger partial charge in [0.2, 0.25) is 0 Å². The van der Waals surface area contributed by atoms with Crippen LogP contribution in [0.25, 0.3) is 0 Å². The lowest BCUT2D eigenvalue weighted by atomic mass is 10.1. The molecule has 3 aromatic rings. The summed E-state index contributed by atoms with van der Waals surface area (Å²) in [5.74, 6) is -1.64. The van der Waals surface area contributed by atoms with E-state index in [1.54, 1.807) is 36.4 Å². The Bertz CT molecular complexity index is 1240. The van der Waals surface area contributed by atoms with Crippen molar-refractivity contribution in [1.29, 1.82) is 0 Å². The van der Waals surface area contributed by atoms with E-state index in [9.17, 15) is 14.4 Å². The highest BCUT2D eigenvalue weighted by Gasteiger charge is 2.14. The molecule has 0 heterocycles. The molecule has 0 saturated heterocycles. The Morgan fingerprint density at radius 1 is 0.886 bits per heavy atom. The zero-order valence-corrected chi connectivity index (χ0v) is 19.9. The van der Waals surface area contributed by atoms with Gasteiger partial charge in [-0.2, -0.15) is 5.10 Å². The van der Waals surface area contributed by atoms with Gasteiger partial charge in [-0.25, -0.2) is 5.43 Å². The number of nitrogens with zero attached hydrogens (tertiary/aromatic N) is 1. The molecule has 0 aliphatic carbocycles. The first-order chi connectivity index (χ1) is 16.9. The summed E-state index contributed by atoms with van der Waals surface area (Å²) in [6.07, 6.45) is 2.27. The van der Waals surface area contributed by atoms with E-state index in [1.807, 2.05) is 44.2 Å². The number of hydrogen-bond acceptors (Lipinski definition) is 5. The number of carbonyl (C=O) groups is 3. The van der Waals surface area contributed by atoms with E-state index in [-0.39, 0.29) is 12.5 Å². The fourth-order valence-electron chi connectivity index (χ4n) is 3.16. The van der Waals surface area contributed by atoms with Gasteiger partial charge in [0.15, 0.2) is 6.61 Å². The molecule has 0 atom stereocenters. The number of hydrogen-bond donors (Lipinski definition) is 3. The summed E-state index contributed by atoms with van der Waals surface area (Å²) in [6, 6.07) is 20.0. The smallest absolute Gasteiger partial charge is 0.329 e. The van der Waals surface area contributed by atoms with Crippen molar-refractivity contribution in [3.05, 3.63) is 89.0 Å². The molecule has 180 valence electrons. The summed E-state index contributed by atoms with van der Waals surface area (Å²) < 4.78 is 5.63. The summed E-state index contributed by atoms with van der Waals surface area (Å²) in [6.45, 7) is 5.64. The lowest BCUT2D eigenvalue weighted by Crippen LogP contribution is -2.32. The highest BCUT2D eigenvalue weighted by atomic mass is 16.5. The predicted octanol–water partition coefficient (Wildman–Crippen LogP) is 3.97. The number of carbonyl (C=O) groups excluding carboxylic acids is 3. The molecule has 0 radical (unpaired) electrons. The van der Waals surface area contributed by atoms with Gasteiger partial charge in [0, 0.05) is 16.9 Å². The minimum Gasteiger partial charge on any atom is -0.483 e. The van der Waals surface area contributed by atoms with Crippen LogP contribution >= 0.6 is 0 Å². The Morgan fingerprint density at radius 2 is 1.63 bits per heavy atom. The van der Waals surface area contributed by atoms with Gasteiger partial charge in [0.25, 0.3) is 5.91 Å². The Hall–Kier alpha value is -4.46. The topological polar surface area (TPSA) is 109 Å². The van der Waals surface area contributed by atoms with Gasteiger partial charge in [-0.15, -0.1) is 0 Å². The highest BCUT2D eigenvalue weighted by Crippen LogP contribution is 2.18. The van der Waals surface area contributed by atoms with Crippen LogP contribution in [0.2, 0.25) is 0 Å². The number of nitrogens with one attached hydrogen (secondary N) is 3. The number of ether oxygens (including phenoxy) is 1. The molecule has 3 amide bonds. The maximum atomic E-state index is 12.3. The van der Waals surface area contributed by atoms with Crippen molar-refractivity contribution >= 4 is 35.3 Å². The maximum Gasteiger partial charge on any atom is 0.329 e. The predicted molar refractivity (Wildman–Crippen MR) is 137 cm³/mol. The van der Waals surface area contributed by atoms with Crippen molar-refractivity contribution in [2.45, 2.75) is 27.2 Å². The molecule has 8 nitrogen and oxygen atoms in total. The molecule has 0 spiro atoms.